The van der Waals surface area contributed by atoms with Crippen LogP contribution >= 0.6 is 34.8 Å². The Kier molecular flexibility index (Phi) is 7.86. The van der Waals surface area contributed by atoms with Gasteiger partial charge in [0.1, 0.15) is 5.75 Å². The maximum atomic E-state index is 12.1. The molecule has 30 heavy (non-hydrogen) atoms. The first kappa shape index (κ1) is 22.3. The van der Waals surface area contributed by atoms with Crippen molar-refractivity contribution in [3.05, 3.63) is 86.9 Å². The van der Waals surface area contributed by atoms with Gasteiger partial charge in [0, 0.05) is 17.9 Å². The van der Waals surface area contributed by atoms with Crippen LogP contribution in [-0.2, 0) is 17.8 Å². The Morgan fingerprint density at radius 2 is 1.53 bits per heavy atom. The van der Waals surface area contributed by atoms with Crippen LogP contribution in [0.2, 0.25) is 15.1 Å². The predicted molar refractivity (Wildman–Crippen MR) is 125 cm³/mol. The molecule has 0 radical (unpaired) electrons. The van der Waals surface area contributed by atoms with Crippen molar-refractivity contribution in [2.45, 2.75) is 19.9 Å². The molecule has 2 N–H and O–H groups in total. The second kappa shape index (κ2) is 10.6. The number of hydrogen-bond acceptors (Lipinski definition) is 3. The van der Waals surface area contributed by atoms with Crippen LogP contribution in [-0.4, -0.2) is 12.5 Å². The third-order valence-electron chi connectivity index (χ3n) is 4.42. The van der Waals surface area contributed by atoms with Crippen LogP contribution in [0.1, 0.15) is 18.1 Å². The lowest BCUT2D eigenvalue weighted by Gasteiger charge is -2.11. The number of nitrogens with one attached hydrogen (secondary N) is 2. The Bertz CT molecular complexity index is 1020. The monoisotopic (exact) mass is 462 g/mol. The Morgan fingerprint density at radius 1 is 0.833 bits per heavy atom. The predicted octanol–water partition coefficient (Wildman–Crippen LogP) is 6.84. The first-order valence-electron chi connectivity index (χ1n) is 9.43. The molecular weight excluding hydrogens is 443 g/mol. The summed E-state index contributed by atoms with van der Waals surface area (Å²) < 4.78 is 5.54. The molecule has 4 nitrogen and oxygen atoms in total. The molecule has 0 unspecified atom stereocenters. The van der Waals surface area contributed by atoms with Crippen molar-refractivity contribution in [3.8, 4) is 5.75 Å². The Balaban J connectivity index is 1.51. The molecule has 3 aromatic rings. The number of carbonyl (C=O) groups is 1. The maximum absolute atomic E-state index is 12.1. The van der Waals surface area contributed by atoms with E-state index in [1.807, 2.05) is 12.1 Å². The zero-order valence-corrected chi connectivity index (χ0v) is 18.6. The first-order valence-corrected chi connectivity index (χ1v) is 10.6. The molecule has 0 aliphatic carbocycles. The molecule has 0 saturated heterocycles. The van der Waals surface area contributed by atoms with Gasteiger partial charge in [0.2, 0.25) is 0 Å². The van der Waals surface area contributed by atoms with Crippen molar-refractivity contribution in [2.75, 3.05) is 17.2 Å². The van der Waals surface area contributed by atoms with Crippen molar-refractivity contribution in [3.63, 3.8) is 0 Å². The van der Waals surface area contributed by atoms with Gasteiger partial charge in [-0.25, -0.2) is 0 Å². The SMILES string of the molecule is CCc1ccc(NCc2ccc(OCC(=O)Nc3ccc(Cl)c(Cl)c3)c(Cl)c2)cc1. The van der Waals surface area contributed by atoms with Crippen LogP contribution in [0, 0.1) is 0 Å². The average molecular weight is 464 g/mol. The Morgan fingerprint density at radius 3 is 2.20 bits per heavy atom. The standard InChI is InChI=1S/C23H21Cl3N2O2/c1-2-15-3-6-17(7-4-15)27-13-16-5-10-22(21(26)11-16)30-14-23(29)28-18-8-9-19(24)20(25)12-18/h3-12,27H,2,13-14H2,1H3,(H,28,29). The quantitative estimate of drug-likeness (QED) is 0.384. The molecule has 0 aliphatic rings. The fourth-order valence-electron chi connectivity index (χ4n) is 2.75. The van der Waals surface area contributed by atoms with Gasteiger partial charge in [0.15, 0.2) is 6.61 Å². The second-order valence-electron chi connectivity index (χ2n) is 6.63. The highest BCUT2D eigenvalue weighted by atomic mass is 35.5. The number of rotatable bonds is 8. The number of carbonyl (C=O) groups excluding carboxylic acids is 1. The molecule has 3 rings (SSSR count). The van der Waals surface area contributed by atoms with Crippen LogP contribution in [0.4, 0.5) is 11.4 Å². The van der Waals surface area contributed by atoms with E-state index < -0.39 is 0 Å². The molecule has 1 amide bonds. The van der Waals surface area contributed by atoms with Gasteiger partial charge in [-0.1, -0.05) is 59.9 Å². The van der Waals surface area contributed by atoms with Crippen molar-refractivity contribution in [1.29, 1.82) is 0 Å². The summed E-state index contributed by atoms with van der Waals surface area (Å²) >= 11 is 18.1. The second-order valence-corrected chi connectivity index (χ2v) is 7.86. The van der Waals surface area contributed by atoms with Crippen molar-refractivity contribution in [2.24, 2.45) is 0 Å². The van der Waals surface area contributed by atoms with E-state index in [9.17, 15) is 4.79 Å². The summed E-state index contributed by atoms with van der Waals surface area (Å²) in [4.78, 5) is 12.1. The van der Waals surface area contributed by atoms with Gasteiger partial charge >= 0.3 is 0 Å². The van der Waals surface area contributed by atoms with Crippen molar-refractivity contribution >= 4 is 52.1 Å². The first-order chi connectivity index (χ1) is 14.4. The van der Waals surface area contributed by atoms with Crippen molar-refractivity contribution in [1.82, 2.24) is 0 Å². The minimum Gasteiger partial charge on any atom is -0.482 e. The van der Waals surface area contributed by atoms with E-state index in [1.54, 1.807) is 24.3 Å². The minimum atomic E-state index is -0.328. The van der Waals surface area contributed by atoms with Gasteiger partial charge in [0.25, 0.3) is 5.91 Å². The molecule has 0 saturated carbocycles. The van der Waals surface area contributed by atoms with Gasteiger partial charge in [-0.3, -0.25) is 4.79 Å². The van der Waals surface area contributed by atoms with Crippen LogP contribution in [0.15, 0.2) is 60.7 Å². The van der Waals surface area contributed by atoms with E-state index >= 15 is 0 Å². The smallest absolute Gasteiger partial charge is 0.262 e. The summed E-state index contributed by atoms with van der Waals surface area (Å²) in [5.41, 5.74) is 3.89. The molecule has 0 heterocycles. The number of amides is 1. The minimum absolute atomic E-state index is 0.179. The van der Waals surface area contributed by atoms with E-state index in [1.165, 1.54) is 5.56 Å². The van der Waals surface area contributed by atoms with Gasteiger partial charge < -0.3 is 15.4 Å². The molecule has 3 aromatic carbocycles. The number of halogens is 3. The van der Waals surface area contributed by atoms with E-state index in [0.717, 1.165) is 17.7 Å². The molecule has 7 heteroatoms. The van der Waals surface area contributed by atoms with Crippen LogP contribution in [0.3, 0.4) is 0 Å². The van der Waals surface area contributed by atoms with Crippen LogP contribution in [0.25, 0.3) is 0 Å². The Hall–Kier alpha value is -2.40. The number of anilines is 2. The summed E-state index contributed by atoms with van der Waals surface area (Å²) in [6, 6.07) is 18.7. The number of ether oxygens (including phenoxy) is 1. The van der Waals surface area contributed by atoms with E-state index in [0.29, 0.717) is 33.0 Å². The molecule has 156 valence electrons. The summed E-state index contributed by atoms with van der Waals surface area (Å²) in [6.07, 6.45) is 1.02. The largest absolute Gasteiger partial charge is 0.482 e. The summed E-state index contributed by atoms with van der Waals surface area (Å²) in [5, 5.41) is 7.29. The summed E-state index contributed by atoms with van der Waals surface area (Å²) in [5.74, 6) is 0.114. The lowest BCUT2D eigenvalue weighted by molar-refractivity contribution is -0.118. The topological polar surface area (TPSA) is 50.4 Å². The summed E-state index contributed by atoms with van der Waals surface area (Å²) in [6.45, 7) is 2.58. The van der Waals surface area contributed by atoms with Gasteiger partial charge in [-0.05, 0) is 60.0 Å². The molecule has 0 aliphatic heterocycles. The molecule has 0 fully saturated rings. The molecule has 0 bridgehead atoms. The molecule has 0 aromatic heterocycles. The lowest BCUT2D eigenvalue weighted by Crippen LogP contribution is -2.20. The highest BCUT2D eigenvalue weighted by Gasteiger charge is 2.09. The van der Waals surface area contributed by atoms with Gasteiger partial charge in [-0.2, -0.15) is 0 Å². The fourth-order valence-corrected chi connectivity index (χ4v) is 3.30. The molecule has 0 spiro atoms. The third-order valence-corrected chi connectivity index (χ3v) is 5.45. The Labute approximate surface area is 191 Å². The number of benzene rings is 3. The average Bonchev–Trinajstić information content (AvgIpc) is 2.74. The highest BCUT2D eigenvalue weighted by molar-refractivity contribution is 6.42. The van der Waals surface area contributed by atoms with E-state index in [-0.39, 0.29) is 12.5 Å². The van der Waals surface area contributed by atoms with Crippen LogP contribution in [0.5, 0.6) is 5.75 Å². The zero-order valence-electron chi connectivity index (χ0n) is 16.3. The highest BCUT2D eigenvalue weighted by Crippen LogP contribution is 2.27. The van der Waals surface area contributed by atoms with E-state index in [4.69, 9.17) is 39.5 Å². The number of aryl methyl sites for hydroxylation is 1. The molecular formula is C23H21Cl3N2O2. The van der Waals surface area contributed by atoms with Crippen LogP contribution < -0.4 is 15.4 Å². The number of hydrogen-bond donors (Lipinski definition) is 2. The third kappa shape index (κ3) is 6.30. The van der Waals surface area contributed by atoms with Crippen molar-refractivity contribution < 1.29 is 9.53 Å². The maximum Gasteiger partial charge on any atom is 0.262 e. The lowest BCUT2D eigenvalue weighted by atomic mass is 10.1. The fraction of sp³-hybridized carbons (Fsp3) is 0.174. The molecule has 0 atom stereocenters. The summed E-state index contributed by atoms with van der Waals surface area (Å²) in [7, 11) is 0. The van der Waals surface area contributed by atoms with Gasteiger partial charge in [-0.15, -0.1) is 0 Å². The normalized spacial score (nSPS) is 10.5. The zero-order chi connectivity index (χ0) is 21.5. The van der Waals surface area contributed by atoms with E-state index in [2.05, 4.69) is 41.8 Å². The van der Waals surface area contributed by atoms with Gasteiger partial charge in [0.05, 0.1) is 15.1 Å².